The lowest BCUT2D eigenvalue weighted by molar-refractivity contribution is -0.152. The molecule has 0 amide bonds. The van der Waals surface area contributed by atoms with E-state index in [-0.39, 0.29) is 11.7 Å². The Kier molecular flexibility index (Phi) is 19.5. The van der Waals surface area contributed by atoms with Crippen molar-refractivity contribution in [2.75, 3.05) is 14.2 Å². The van der Waals surface area contributed by atoms with Gasteiger partial charge < -0.3 is 53.6 Å². The third-order valence-electron chi connectivity index (χ3n) is 10.7. The van der Waals surface area contributed by atoms with Crippen molar-refractivity contribution in [3.8, 4) is 0 Å². The van der Waals surface area contributed by atoms with Gasteiger partial charge in [-0.1, -0.05) is 98.8 Å². The van der Waals surface area contributed by atoms with E-state index < -0.39 is 78.4 Å². The molecule has 2 aromatic carbocycles. The number of hydrogen-bond acceptors (Lipinski definition) is 12. The van der Waals surface area contributed by atoms with Gasteiger partial charge in [0.15, 0.2) is 11.6 Å². The molecule has 13 heteroatoms. The van der Waals surface area contributed by atoms with Crippen LogP contribution in [0.15, 0.2) is 60.7 Å². The van der Waals surface area contributed by atoms with Crippen LogP contribution in [0.3, 0.4) is 0 Å². The van der Waals surface area contributed by atoms with Gasteiger partial charge in [-0.3, -0.25) is 0 Å². The molecule has 3 heterocycles. The van der Waals surface area contributed by atoms with Gasteiger partial charge in [0.1, 0.15) is 42.7 Å². The molecular weight excluding hydrogens is 809 g/mol. The molecule has 10 atom stereocenters. The third-order valence-corrected chi connectivity index (χ3v) is 10.7. The summed E-state index contributed by atoms with van der Waals surface area (Å²) in [5.41, 5.74) is 5.84. The first-order valence-electron chi connectivity index (χ1n) is 22.7. The molecule has 0 aliphatic carbocycles. The molecule has 3 aliphatic rings. The highest BCUT2D eigenvalue weighted by atomic mass is 16.8. The van der Waals surface area contributed by atoms with Gasteiger partial charge in [-0.05, 0) is 104 Å². The molecule has 0 radical (unpaired) electrons. The van der Waals surface area contributed by atoms with E-state index in [1.165, 1.54) is 21.9 Å². The Bertz CT molecular complexity index is 1960. The van der Waals surface area contributed by atoms with Gasteiger partial charge in [0, 0.05) is 17.0 Å². The van der Waals surface area contributed by atoms with E-state index in [1.54, 1.807) is 72.1 Å². The molecule has 0 aromatic heterocycles. The number of carbonyl (C=O) groups excluding carboxylic acids is 1. The van der Waals surface area contributed by atoms with E-state index in [9.17, 15) is 30.0 Å². The van der Waals surface area contributed by atoms with Gasteiger partial charge in [-0.2, -0.15) is 0 Å². The maximum Gasteiger partial charge on any atom is 0.339 e. The molecule has 13 nitrogen and oxygen atoms in total. The number of methoxy groups -OCH3 is 2. The largest absolute Gasteiger partial charge is 0.478 e. The number of hydrogen-bond donors (Lipinski definition) is 4. The maximum absolute atomic E-state index is 13.0. The number of ether oxygens (including phenoxy) is 7. The number of carboxylic acids is 1. The lowest BCUT2D eigenvalue weighted by Gasteiger charge is -2.23. The summed E-state index contributed by atoms with van der Waals surface area (Å²) in [6.45, 7) is 18.2. The smallest absolute Gasteiger partial charge is 0.339 e. The number of cyclic esters (lactones) is 1. The second kappa shape index (κ2) is 23.8. The van der Waals surface area contributed by atoms with Crippen molar-refractivity contribution in [3.05, 3.63) is 105 Å². The van der Waals surface area contributed by atoms with Gasteiger partial charge in [-0.25, -0.2) is 9.59 Å². The van der Waals surface area contributed by atoms with Crippen molar-refractivity contribution in [1.82, 2.24) is 0 Å². The predicted molar refractivity (Wildman–Crippen MR) is 246 cm³/mol. The maximum atomic E-state index is 13.0. The predicted octanol–water partition coefficient (Wildman–Crippen LogP) is 8.23. The fourth-order valence-electron chi connectivity index (χ4n) is 7.99. The molecule has 4 N–H and O–H groups in total. The normalized spacial score (nSPS) is 28.1. The highest BCUT2D eigenvalue weighted by molar-refractivity contribution is 5.95. The molecule has 3 aliphatic heterocycles. The van der Waals surface area contributed by atoms with Crippen LogP contribution >= 0.6 is 0 Å². The minimum absolute atomic E-state index is 0.272. The van der Waals surface area contributed by atoms with Crippen molar-refractivity contribution in [2.45, 2.75) is 169 Å². The van der Waals surface area contributed by atoms with Gasteiger partial charge >= 0.3 is 11.9 Å². The lowest BCUT2D eigenvalue weighted by atomic mass is 9.97. The van der Waals surface area contributed by atoms with Crippen molar-refractivity contribution in [3.63, 3.8) is 0 Å². The molecule has 63 heavy (non-hydrogen) atoms. The number of fused-ring (bicyclic) bond motifs is 2. The van der Waals surface area contributed by atoms with Crippen LogP contribution in [0.4, 0.5) is 0 Å². The molecule has 0 saturated carbocycles. The van der Waals surface area contributed by atoms with E-state index in [2.05, 4.69) is 0 Å². The minimum Gasteiger partial charge on any atom is -0.478 e. The van der Waals surface area contributed by atoms with Crippen LogP contribution in [-0.2, 0) is 33.2 Å². The Labute approximate surface area is 378 Å². The first-order valence-corrected chi connectivity index (χ1v) is 20.7. The number of esters is 1. The van der Waals surface area contributed by atoms with E-state index >= 15 is 0 Å². The average Bonchev–Trinajstić information content (AvgIpc) is 3.71. The molecule has 0 bridgehead atoms. The van der Waals surface area contributed by atoms with Crippen molar-refractivity contribution < 1.29 is 65.9 Å². The van der Waals surface area contributed by atoms with Gasteiger partial charge in [-0.15, -0.1) is 0 Å². The van der Waals surface area contributed by atoms with Crippen LogP contribution in [0.2, 0.25) is 0 Å². The summed E-state index contributed by atoms with van der Waals surface area (Å²) in [7, 11) is 5.53. The van der Waals surface area contributed by atoms with E-state index in [1.807, 2.05) is 77.1 Å². The summed E-state index contributed by atoms with van der Waals surface area (Å²) in [6.07, 6.45) is 8.86. The molecule has 0 spiro atoms. The fraction of sp³-hybridized carbons (Fsp3) is 0.560. The summed E-state index contributed by atoms with van der Waals surface area (Å²) >= 11 is 0. The lowest BCUT2D eigenvalue weighted by Crippen LogP contribution is -2.35. The Morgan fingerprint density at radius 1 is 0.937 bits per heavy atom. The Hall–Kier alpha value is -4.02. The number of aliphatic hydroxyl groups is 3. The summed E-state index contributed by atoms with van der Waals surface area (Å²) in [5, 5.41) is 40.6. The van der Waals surface area contributed by atoms with E-state index in [0.29, 0.717) is 29.5 Å². The number of aromatic carboxylic acids is 1. The van der Waals surface area contributed by atoms with Gasteiger partial charge in [0.2, 0.25) is 0 Å². The highest BCUT2D eigenvalue weighted by Gasteiger charge is 2.45. The summed E-state index contributed by atoms with van der Waals surface area (Å²) in [5.74, 6) is -3.02. The summed E-state index contributed by atoms with van der Waals surface area (Å²) in [6, 6.07) is 7.61. The molecule has 352 valence electrons. The Morgan fingerprint density at radius 3 is 2.19 bits per heavy atom. The van der Waals surface area contributed by atoms with Gasteiger partial charge in [0.05, 0.1) is 29.4 Å². The van der Waals surface area contributed by atoms with E-state index in [4.69, 9.17) is 35.9 Å². The minimum atomic E-state index is -0.969. The topological polar surface area (TPSA) is 180 Å². The summed E-state index contributed by atoms with van der Waals surface area (Å²) < 4.78 is 51.7. The summed E-state index contributed by atoms with van der Waals surface area (Å²) in [4.78, 5) is 24.6. The zero-order chi connectivity index (χ0) is 49.4. The standard InChI is InChI=1S/C24H34O7.C24H32O6.2CH4/c1-14-12-15(2)21(23(27)28)17(13-14)8-7-9-20-22(31-24(4,5)30-20)18(26)10-11-19(29-6)16(3)25;1-14-12-15(2)21-17(13-14)8-7-9-20-22(30-24(4,5)29-20)18(25)10-11-19(27-6)16(3)28-23(21)26;;/h7-8,10-13,16,18-20,22,25-26H,9H2,1-6H3,(H,27,28);7-8,10-13,16,18-20,22,25H,9H2,1-6H3;2*1H4/b2*8-7+,11-10-;;/t2*16-,18?,19+,20-,22+;;/m00../s1/i;;2*1T. The Balaban J connectivity index is 0.000000415. The third kappa shape index (κ3) is 15.0. The monoisotopic (exact) mass is 887 g/mol. The van der Waals surface area contributed by atoms with Crippen LogP contribution < -0.4 is 0 Å². The number of aryl methyl sites for hydroxylation is 4. The zero-order valence-electron chi connectivity index (χ0n) is 41.6. The average molecular weight is 887 g/mol. The van der Waals surface area contributed by atoms with Crippen LogP contribution in [0.5, 0.6) is 0 Å². The van der Waals surface area contributed by atoms with Gasteiger partial charge in [0.25, 0.3) is 0 Å². The van der Waals surface area contributed by atoms with Crippen molar-refractivity contribution in [2.24, 2.45) is 0 Å². The van der Waals surface area contributed by atoms with Crippen LogP contribution in [0.1, 0.15) is 126 Å². The fourth-order valence-corrected chi connectivity index (χ4v) is 7.99. The molecule has 2 aromatic rings. The Morgan fingerprint density at radius 2 is 1.57 bits per heavy atom. The second-order valence-corrected chi connectivity index (χ2v) is 17.0. The molecule has 2 unspecified atom stereocenters. The van der Waals surface area contributed by atoms with Crippen molar-refractivity contribution >= 4 is 24.1 Å². The number of rotatable bonds is 10. The molecule has 2 saturated heterocycles. The number of benzene rings is 2. The van der Waals surface area contributed by atoms with Crippen molar-refractivity contribution in [1.29, 1.82) is 0 Å². The number of aliphatic hydroxyl groups excluding tert-OH is 3. The molecule has 5 rings (SSSR count). The van der Waals surface area contributed by atoms with Crippen LogP contribution in [-0.4, -0.2) is 119 Å². The SMILES string of the molecule is CO[C@@H]1/C=C\C(O)[C@H]2OC(C)(C)O[C@H]2C/C=C/c2cc(C)cc(C)c2C(=O)O[C@H]1C.CO[C@H](/C=C\C(O)[C@H]1OC(C)(C)O[C@H]1C/C=C/c1cc(C)cc(C)c1C(=O)O)[C@H](C)O.[3H]C.[3H]C. The number of carbonyl (C=O) groups is 2. The molecular formula is C50H74O13. The molecule has 2 fully saturated rings. The highest BCUT2D eigenvalue weighted by Crippen LogP contribution is 2.34. The zero-order valence-corrected chi connectivity index (χ0v) is 39.6. The first kappa shape index (κ1) is 51.6. The quantitative estimate of drug-likeness (QED) is 0.133. The number of carboxylic acid groups (broad SMARTS) is 1. The second-order valence-electron chi connectivity index (χ2n) is 17.0. The first-order chi connectivity index (χ1) is 30.6. The van der Waals surface area contributed by atoms with Crippen LogP contribution in [0.25, 0.3) is 12.2 Å². The van der Waals surface area contributed by atoms with E-state index in [0.717, 1.165) is 22.3 Å². The van der Waals surface area contributed by atoms with Crippen LogP contribution in [0, 0.1) is 27.7 Å².